The van der Waals surface area contributed by atoms with E-state index in [9.17, 15) is 78.6 Å². The van der Waals surface area contributed by atoms with Gasteiger partial charge in [0.25, 0.3) is 0 Å². The average molecular weight is 746 g/mol. The zero-order valence-corrected chi connectivity index (χ0v) is 23.0. The Morgan fingerprint density at radius 1 is 0.867 bits per heavy atom. The predicted octanol–water partition coefficient (Wildman–Crippen LogP) is 3.64. The maximum absolute atomic E-state index is 14.3. The first-order valence-electron chi connectivity index (χ1n) is 10.7. The van der Waals surface area contributed by atoms with Gasteiger partial charge in [0, 0.05) is 0 Å². The fraction of sp³-hybridized carbons (Fsp3) is 0.941. The lowest BCUT2D eigenvalue weighted by atomic mass is 10.2. The molecule has 268 valence electrons. The Bertz CT molecular complexity index is 1130. The fourth-order valence-electron chi connectivity index (χ4n) is 2.76. The molecule has 0 radical (unpaired) electrons. The number of halogens is 15. The van der Waals surface area contributed by atoms with Crippen molar-refractivity contribution in [2.24, 2.45) is 0 Å². The molecular weight excluding hydrogens is 729 g/mol. The Hall–Kier alpha value is -2.01. The van der Waals surface area contributed by atoms with Crippen LogP contribution in [0.1, 0.15) is 13.3 Å². The molecule has 1 heterocycles. The van der Waals surface area contributed by atoms with Gasteiger partial charge in [0.05, 0.1) is 13.2 Å². The van der Waals surface area contributed by atoms with E-state index in [1.54, 1.807) is 0 Å². The van der Waals surface area contributed by atoms with Crippen LogP contribution in [0.4, 0.5) is 65.4 Å². The summed E-state index contributed by atoms with van der Waals surface area (Å²) in [6, 6.07) is 0. The van der Waals surface area contributed by atoms with Crippen molar-refractivity contribution in [1.29, 1.82) is 0 Å². The Morgan fingerprint density at radius 2 is 1.33 bits per heavy atom. The van der Waals surface area contributed by atoms with E-state index in [0.717, 1.165) is 0 Å². The van der Waals surface area contributed by atoms with Crippen LogP contribution in [-0.2, 0) is 55.0 Å². The number of alkyl halides is 14. The third kappa shape index (κ3) is 13.7. The van der Waals surface area contributed by atoms with Crippen LogP contribution in [0.5, 0.6) is 0 Å². The van der Waals surface area contributed by atoms with E-state index in [0.29, 0.717) is 6.92 Å². The normalized spacial score (nSPS) is 23.1. The molecule has 0 bridgehead atoms. The van der Waals surface area contributed by atoms with Gasteiger partial charge in [-0.15, -0.1) is 0 Å². The molecule has 0 aromatic rings. The summed E-state index contributed by atoms with van der Waals surface area (Å²) in [5, 5.41) is -5.17. The average Bonchev–Trinajstić information content (AvgIpc) is 3.14. The summed E-state index contributed by atoms with van der Waals surface area (Å²) >= 11 is -0.750. The first-order chi connectivity index (χ1) is 19.9. The number of ether oxygens (including phenoxy) is 6. The molecule has 4 unspecified atom stereocenters. The summed E-state index contributed by atoms with van der Waals surface area (Å²) in [4.78, 5) is 11.8. The maximum atomic E-state index is 14.3. The maximum Gasteiger partial charge on any atom is 0.460 e. The Labute approximate surface area is 244 Å². The number of carbonyl (C=O) groups is 1. The lowest BCUT2D eigenvalue weighted by molar-refractivity contribution is -0.412. The smallest absolute Gasteiger partial charge is 0.455 e. The van der Waals surface area contributed by atoms with E-state index in [-0.39, 0.29) is 0 Å². The molecule has 1 saturated heterocycles. The highest BCUT2D eigenvalue weighted by molar-refractivity contribution is 7.87. The van der Waals surface area contributed by atoms with Gasteiger partial charge < -0.3 is 23.7 Å². The molecule has 45 heavy (non-hydrogen) atoms. The lowest BCUT2D eigenvalue weighted by Crippen LogP contribution is -2.56. The molecule has 1 aliphatic heterocycles. The van der Waals surface area contributed by atoms with Gasteiger partial charge >= 0.3 is 63.4 Å². The van der Waals surface area contributed by atoms with Gasteiger partial charge in [0.1, 0.15) is 31.8 Å². The van der Waals surface area contributed by atoms with Crippen LogP contribution in [0.2, 0.25) is 0 Å². The van der Waals surface area contributed by atoms with E-state index in [1.807, 2.05) is 0 Å². The topological polar surface area (TPSA) is 141 Å². The highest BCUT2D eigenvalue weighted by Crippen LogP contribution is 2.44. The quantitative estimate of drug-likeness (QED) is 0.138. The molecule has 0 aromatic heterocycles. The van der Waals surface area contributed by atoms with E-state index < -0.39 is 121 Å². The summed E-state index contributed by atoms with van der Waals surface area (Å²) in [6.07, 6.45) is -30.8. The molecule has 1 aliphatic rings. The minimum absolute atomic E-state index is 0.549. The number of hydrogen-bond donors (Lipinski definition) is 0. The van der Waals surface area contributed by atoms with Crippen LogP contribution in [0.15, 0.2) is 0 Å². The summed E-state index contributed by atoms with van der Waals surface area (Å²) in [6.45, 7) is -8.82. The van der Waals surface area contributed by atoms with Crippen LogP contribution >= 0.6 is 0 Å². The minimum atomic E-state index is -6.80. The number of hydrogen-bond acceptors (Lipinski definition) is 11. The van der Waals surface area contributed by atoms with Crippen molar-refractivity contribution in [1.82, 2.24) is 0 Å². The van der Waals surface area contributed by atoms with Crippen LogP contribution in [-0.4, -0.2) is 110 Å². The molecule has 0 saturated carbocycles. The van der Waals surface area contributed by atoms with Crippen LogP contribution in [0, 0.1) is 0 Å². The Balaban J connectivity index is 0.00000618. The molecule has 0 amide bonds. The van der Waals surface area contributed by atoms with Crippen LogP contribution in [0.3, 0.4) is 0 Å². The highest BCUT2D eigenvalue weighted by atomic mass is 32.3. The third-order valence-corrected chi connectivity index (χ3v) is 5.36. The lowest BCUT2D eigenvalue weighted by Gasteiger charge is -2.31. The third-order valence-electron chi connectivity index (χ3n) is 4.53. The van der Waals surface area contributed by atoms with E-state index in [2.05, 4.69) is 18.9 Å². The second-order valence-corrected chi connectivity index (χ2v) is 10.00. The van der Waals surface area contributed by atoms with Crippen molar-refractivity contribution < 1.29 is 115 Å². The first kappa shape index (κ1) is 43.0. The van der Waals surface area contributed by atoms with Gasteiger partial charge in [0.15, 0.2) is 6.67 Å². The molecule has 0 aromatic carbocycles. The van der Waals surface area contributed by atoms with Gasteiger partial charge in [-0.3, -0.25) is 4.74 Å². The zero-order valence-electron chi connectivity index (χ0n) is 21.4. The number of rotatable bonds is 15. The number of esters is 1. The molecule has 1 fully saturated rings. The molecule has 11 nitrogen and oxygen atoms in total. The van der Waals surface area contributed by atoms with Crippen LogP contribution < -0.4 is 0 Å². The van der Waals surface area contributed by atoms with Gasteiger partial charge in [0.2, 0.25) is 5.79 Å². The van der Waals surface area contributed by atoms with Crippen molar-refractivity contribution >= 4 is 27.8 Å². The summed E-state index contributed by atoms with van der Waals surface area (Å²) in [5.41, 5.74) is 0. The molecule has 0 aliphatic carbocycles. The Kier molecular flexibility index (Phi) is 14.6. The van der Waals surface area contributed by atoms with Crippen molar-refractivity contribution in [2.45, 2.75) is 67.0 Å². The summed E-state index contributed by atoms with van der Waals surface area (Å²) < 4.78 is 256. The second-order valence-electron chi connectivity index (χ2n) is 8.39. The molecule has 4 atom stereocenters. The molecule has 0 spiro atoms. The van der Waals surface area contributed by atoms with Gasteiger partial charge in [-0.25, -0.2) is 9.18 Å². The summed E-state index contributed by atoms with van der Waals surface area (Å²) in [5.74, 6) is -12.5. The SMILES string of the molecule is CC1(COC(=O)C(F)(OC(F)(F)CC(F)(F)F)C(F)(F)F)OC(COCC(F)(F)S(=O)(=O)F)C(COC(F)(F)CF)O1.O=S=O. The molecule has 1 rings (SSSR count). The van der Waals surface area contributed by atoms with E-state index in [4.69, 9.17) is 17.9 Å². The van der Waals surface area contributed by atoms with Crippen LogP contribution in [0.25, 0.3) is 0 Å². The van der Waals surface area contributed by atoms with Crippen molar-refractivity contribution in [2.75, 3.05) is 33.1 Å². The molecular formula is C17H17F15O11S2. The predicted molar refractivity (Wildman–Crippen MR) is 107 cm³/mol. The van der Waals surface area contributed by atoms with Crippen molar-refractivity contribution in [3.8, 4) is 0 Å². The van der Waals surface area contributed by atoms with Gasteiger partial charge in [-0.05, 0) is 6.92 Å². The molecule has 28 heteroatoms. The Morgan fingerprint density at radius 3 is 1.73 bits per heavy atom. The second kappa shape index (κ2) is 15.3. The largest absolute Gasteiger partial charge is 0.460 e. The number of carbonyl (C=O) groups excluding carboxylic acids is 1. The zero-order chi connectivity index (χ0) is 35.9. The first-order valence-corrected chi connectivity index (χ1v) is 12.8. The van der Waals surface area contributed by atoms with E-state index >= 15 is 0 Å². The van der Waals surface area contributed by atoms with Gasteiger partial charge in [-0.1, -0.05) is 3.89 Å². The fourth-order valence-corrected chi connectivity index (χ4v) is 2.98. The van der Waals surface area contributed by atoms with Crippen molar-refractivity contribution in [3.63, 3.8) is 0 Å². The standard InChI is InChI=1S/C17H17F15O9S.O2S/c1-11(6-37-10(33)16(28,17(29,30)31)41-13(22,23)4-12(19,20)21)39-8(2-36-7-15(26,27)42(32,34)35)9(40-11)3-38-14(24,25)5-18;1-3-2/h8-9H,2-7H2,1H3;. The highest BCUT2D eigenvalue weighted by Gasteiger charge is 2.70. The monoisotopic (exact) mass is 746 g/mol. The minimum Gasteiger partial charge on any atom is -0.455 e. The van der Waals surface area contributed by atoms with Crippen molar-refractivity contribution in [3.05, 3.63) is 0 Å². The molecule has 0 N–H and O–H groups in total. The van der Waals surface area contributed by atoms with Gasteiger partial charge in [-0.2, -0.15) is 73.9 Å². The van der Waals surface area contributed by atoms with E-state index in [1.165, 1.54) is 0 Å². The summed E-state index contributed by atoms with van der Waals surface area (Å²) in [7, 11) is -6.54.